The molecule has 0 aliphatic heterocycles. The first-order valence-electron chi connectivity index (χ1n) is 9.48. The zero-order valence-electron chi connectivity index (χ0n) is 15.8. The van der Waals surface area contributed by atoms with E-state index >= 15 is 0 Å². The van der Waals surface area contributed by atoms with Crippen LogP contribution in [0.25, 0.3) is 0 Å². The van der Waals surface area contributed by atoms with Crippen molar-refractivity contribution < 1.29 is 17.9 Å². The predicted octanol–water partition coefficient (Wildman–Crippen LogP) is 3.23. The van der Waals surface area contributed by atoms with E-state index < -0.39 is 10.0 Å². The molecule has 1 fully saturated rings. The lowest BCUT2D eigenvalue weighted by molar-refractivity contribution is -0.115. The number of rotatable bonds is 8. The molecule has 1 aliphatic rings. The zero-order valence-corrected chi connectivity index (χ0v) is 16.7. The summed E-state index contributed by atoms with van der Waals surface area (Å²) in [6.07, 6.45) is 6.45. The summed E-state index contributed by atoms with van der Waals surface area (Å²) < 4.78 is 33.7. The molecule has 3 rings (SSSR count). The Balaban J connectivity index is 1.65. The molecule has 0 atom stereocenters. The monoisotopic (exact) mass is 403 g/mol. The molecule has 1 aliphatic carbocycles. The average Bonchev–Trinajstić information content (AvgIpc) is 3.21. The number of carbonyl (C=O) groups is 1. The molecule has 0 unspecified atom stereocenters. The summed E-state index contributed by atoms with van der Waals surface area (Å²) in [5, 5.41) is 2.69. The molecule has 2 N–H and O–H groups in total. The van der Waals surface area contributed by atoms with Crippen molar-refractivity contribution in [2.45, 2.75) is 56.6 Å². The molecule has 8 heteroatoms. The van der Waals surface area contributed by atoms with Gasteiger partial charge in [0.15, 0.2) is 0 Å². The Bertz CT molecular complexity index is 907. The van der Waals surface area contributed by atoms with Crippen LogP contribution in [0.3, 0.4) is 0 Å². The number of pyridine rings is 1. The van der Waals surface area contributed by atoms with E-state index in [-0.39, 0.29) is 23.5 Å². The smallest absolute Gasteiger partial charge is 0.240 e. The fourth-order valence-corrected chi connectivity index (χ4v) is 4.06. The van der Waals surface area contributed by atoms with Gasteiger partial charge in [-0.05, 0) is 56.0 Å². The van der Waals surface area contributed by atoms with Crippen molar-refractivity contribution in [1.29, 1.82) is 0 Å². The molecule has 0 bridgehead atoms. The lowest BCUT2D eigenvalue weighted by Gasteiger charge is -2.15. The van der Waals surface area contributed by atoms with Gasteiger partial charge < -0.3 is 10.1 Å². The van der Waals surface area contributed by atoms with Crippen LogP contribution in [-0.2, 0) is 21.4 Å². The first-order valence-corrected chi connectivity index (χ1v) is 11.0. The first kappa shape index (κ1) is 20.3. The maximum atomic E-state index is 12.6. The molecule has 1 aromatic carbocycles. The van der Waals surface area contributed by atoms with Gasteiger partial charge in [0.25, 0.3) is 0 Å². The van der Waals surface area contributed by atoms with Crippen LogP contribution in [0.5, 0.6) is 5.88 Å². The second kappa shape index (κ2) is 9.16. The molecule has 150 valence electrons. The Hall–Kier alpha value is -2.45. The van der Waals surface area contributed by atoms with Gasteiger partial charge in [-0.3, -0.25) is 4.79 Å². The molecule has 0 spiro atoms. The highest BCUT2D eigenvalue weighted by Gasteiger charge is 2.20. The van der Waals surface area contributed by atoms with Crippen molar-refractivity contribution in [2.24, 2.45) is 0 Å². The molecule has 7 nitrogen and oxygen atoms in total. The molecule has 0 radical (unpaired) electrons. The third kappa shape index (κ3) is 5.30. The minimum absolute atomic E-state index is 0.0898. The zero-order chi connectivity index (χ0) is 20.0. The number of nitrogens with one attached hydrogen (secondary N) is 2. The van der Waals surface area contributed by atoms with Crippen LogP contribution in [0.1, 0.15) is 44.6 Å². The third-order valence-electron chi connectivity index (χ3n) is 4.65. The summed E-state index contributed by atoms with van der Waals surface area (Å²) in [6, 6.07) is 9.64. The fraction of sp³-hybridized carbons (Fsp3) is 0.400. The highest BCUT2D eigenvalue weighted by molar-refractivity contribution is 7.89. The van der Waals surface area contributed by atoms with E-state index in [0.717, 1.165) is 25.7 Å². The Morgan fingerprint density at radius 1 is 1.18 bits per heavy atom. The van der Waals surface area contributed by atoms with Crippen LogP contribution in [0, 0.1) is 0 Å². The van der Waals surface area contributed by atoms with Gasteiger partial charge in [0.1, 0.15) is 6.10 Å². The minimum atomic E-state index is -3.70. The van der Waals surface area contributed by atoms with Crippen LogP contribution < -0.4 is 14.8 Å². The average molecular weight is 404 g/mol. The Kier molecular flexibility index (Phi) is 6.64. The Morgan fingerprint density at radius 2 is 1.89 bits per heavy atom. The summed E-state index contributed by atoms with van der Waals surface area (Å²) in [6.45, 7) is 1.84. The van der Waals surface area contributed by atoms with E-state index in [1.807, 2.05) is 6.07 Å². The number of ether oxygens (including phenoxy) is 1. The third-order valence-corrected chi connectivity index (χ3v) is 6.07. The Morgan fingerprint density at radius 3 is 2.57 bits per heavy atom. The summed E-state index contributed by atoms with van der Waals surface area (Å²) in [7, 11) is -3.70. The summed E-state index contributed by atoms with van der Waals surface area (Å²) in [4.78, 5) is 15.8. The van der Waals surface area contributed by atoms with Crippen molar-refractivity contribution in [3.63, 3.8) is 0 Å². The SMILES string of the molecule is CCC(=O)Nc1ccc(S(=O)(=O)NCc2cccnc2OC2CCCC2)cc1. The van der Waals surface area contributed by atoms with Gasteiger partial charge in [-0.1, -0.05) is 13.0 Å². The summed E-state index contributed by atoms with van der Waals surface area (Å²) in [5.41, 5.74) is 1.26. The van der Waals surface area contributed by atoms with Crippen LogP contribution in [0.2, 0.25) is 0 Å². The summed E-state index contributed by atoms with van der Waals surface area (Å²) >= 11 is 0. The number of carbonyl (C=O) groups excluding carboxylic acids is 1. The lowest BCUT2D eigenvalue weighted by atomic mass is 10.2. The van der Waals surface area contributed by atoms with E-state index in [1.165, 1.54) is 12.1 Å². The number of hydrogen-bond acceptors (Lipinski definition) is 5. The van der Waals surface area contributed by atoms with Crippen molar-refractivity contribution in [3.8, 4) is 5.88 Å². The highest BCUT2D eigenvalue weighted by Crippen LogP contribution is 2.25. The van der Waals surface area contributed by atoms with Gasteiger partial charge in [0.05, 0.1) is 4.90 Å². The van der Waals surface area contributed by atoms with Gasteiger partial charge >= 0.3 is 0 Å². The quantitative estimate of drug-likeness (QED) is 0.705. The van der Waals surface area contributed by atoms with Crippen molar-refractivity contribution in [3.05, 3.63) is 48.2 Å². The van der Waals surface area contributed by atoms with E-state index in [9.17, 15) is 13.2 Å². The van der Waals surface area contributed by atoms with Gasteiger partial charge in [-0.25, -0.2) is 18.1 Å². The van der Waals surface area contributed by atoms with Gasteiger partial charge in [-0.2, -0.15) is 0 Å². The largest absolute Gasteiger partial charge is 0.474 e. The number of anilines is 1. The number of aromatic nitrogens is 1. The molecule has 1 aromatic heterocycles. The molecular formula is C20H25N3O4S. The number of nitrogens with zero attached hydrogens (tertiary/aromatic N) is 1. The van der Waals surface area contributed by atoms with E-state index in [4.69, 9.17) is 4.74 Å². The number of sulfonamides is 1. The maximum absolute atomic E-state index is 12.6. The molecule has 2 aromatic rings. The van der Waals surface area contributed by atoms with Crippen LogP contribution in [0.15, 0.2) is 47.5 Å². The van der Waals surface area contributed by atoms with Gasteiger partial charge in [0, 0.05) is 30.4 Å². The summed E-state index contributed by atoms with van der Waals surface area (Å²) in [5.74, 6) is 0.356. The molecule has 1 saturated carbocycles. The van der Waals surface area contributed by atoms with Crippen molar-refractivity contribution in [1.82, 2.24) is 9.71 Å². The molecule has 28 heavy (non-hydrogen) atoms. The predicted molar refractivity (Wildman–Crippen MR) is 107 cm³/mol. The highest BCUT2D eigenvalue weighted by atomic mass is 32.2. The topological polar surface area (TPSA) is 97.4 Å². The first-order chi connectivity index (χ1) is 13.5. The van der Waals surface area contributed by atoms with Crippen molar-refractivity contribution >= 4 is 21.6 Å². The van der Waals surface area contributed by atoms with Crippen LogP contribution in [0.4, 0.5) is 5.69 Å². The van der Waals surface area contributed by atoms with E-state index in [0.29, 0.717) is 23.6 Å². The maximum Gasteiger partial charge on any atom is 0.240 e. The van der Waals surface area contributed by atoms with Gasteiger partial charge in [-0.15, -0.1) is 0 Å². The lowest BCUT2D eigenvalue weighted by Crippen LogP contribution is -2.24. The molecule has 1 heterocycles. The van der Waals surface area contributed by atoms with Crippen molar-refractivity contribution in [2.75, 3.05) is 5.32 Å². The number of hydrogen-bond donors (Lipinski definition) is 2. The Labute approximate surface area is 165 Å². The number of benzene rings is 1. The molecule has 0 saturated heterocycles. The van der Waals surface area contributed by atoms with Crippen LogP contribution >= 0.6 is 0 Å². The van der Waals surface area contributed by atoms with Crippen LogP contribution in [-0.4, -0.2) is 25.4 Å². The second-order valence-corrected chi connectivity index (χ2v) is 8.51. The standard InChI is InChI=1S/C20H25N3O4S/c1-2-19(24)23-16-9-11-18(12-10-16)28(25,26)22-14-15-6-5-13-21-20(15)27-17-7-3-4-8-17/h5-6,9-13,17,22H,2-4,7-8,14H2,1H3,(H,23,24). The minimum Gasteiger partial charge on any atom is -0.474 e. The molecular weight excluding hydrogens is 378 g/mol. The van der Waals surface area contributed by atoms with Gasteiger partial charge in [0.2, 0.25) is 21.8 Å². The van der Waals surface area contributed by atoms with E-state index in [2.05, 4.69) is 15.0 Å². The van der Waals surface area contributed by atoms with E-state index in [1.54, 1.807) is 31.3 Å². The molecule has 1 amide bonds. The number of amides is 1. The fourth-order valence-electron chi connectivity index (χ4n) is 3.05. The second-order valence-electron chi connectivity index (χ2n) is 6.74. The normalized spacial score (nSPS) is 14.8.